The molecule has 0 spiro atoms. The summed E-state index contributed by atoms with van der Waals surface area (Å²) in [5.41, 5.74) is 1.46. The smallest absolute Gasteiger partial charge is 0.271 e. The average molecular weight is 421 g/mol. The zero-order valence-electron chi connectivity index (χ0n) is 16.9. The van der Waals surface area contributed by atoms with Gasteiger partial charge >= 0.3 is 0 Å². The number of aliphatic hydroxyl groups excluding tert-OH is 1. The first kappa shape index (κ1) is 21.7. The molecule has 0 saturated carbocycles. The van der Waals surface area contributed by atoms with Crippen molar-refractivity contribution in [1.29, 1.82) is 5.26 Å². The lowest BCUT2D eigenvalue weighted by atomic mass is 9.94. The van der Waals surface area contributed by atoms with Gasteiger partial charge in [0.25, 0.3) is 17.5 Å². The third-order valence-corrected chi connectivity index (χ3v) is 4.98. The van der Waals surface area contributed by atoms with E-state index in [1.807, 2.05) is 6.07 Å². The van der Waals surface area contributed by atoms with Crippen molar-refractivity contribution in [3.8, 4) is 17.4 Å². The molecule has 0 saturated heterocycles. The van der Waals surface area contributed by atoms with Gasteiger partial charge in [-0.25, -0.2) is 0 Å². The zero-order valence-corrected chi connectivity index (χ0v) is 16.9. The van der Waals surface area contributed by atoms with Gasteiger partial charge in [-0.15, -0.1) is 0 Å². The van der Waals surface area contributed by atoms with Crippen LogP contribution in [-0.4, -0.2) is 39.9 Å². The van der Waals surface area contributed by atoms with Gasteiger partial charge in [0.05, 0.1) is 4.92 Å². The third-order valence-electron chi connectivity index (χ3n) is 4.98. The van der Waals surface area contributed by atoms with Crippen molar-refractivity contribution in [2.45, 2.75) is 20.3 Å². The van der Waals surface area contributed by atoms with E-state index in [0.29, 0.717) is 11.3 Å². The summed E-state index contributed by atoms with van der Waals surface area (Å²) in [4.78, 5) is 36.8. The van der Waals surface area contributed by atoms with Crippen molar-refractivity contribution in [3.05, 3.63) is 68.5 Å². The molecule has 1 aromatic heterocycles. The van der Waals surface area contributed by atoms with E-state index in [-0.39, 0.29) is 47.7 Å². The number of rotatable bonds is 6. The number of nitrogens with zero attached hydrogens (tertiary/aromatic N) is 3. The standard InChI is InChI=1S/C22H19N3O6/c1-13-4-5-15(25(29)30)10-17(13)20-7-6-16(31-20)11-18-14(2)19(12-23)22(28)24(21(18)27)8-3-9-26/h4-7,10-11,26H,3,8-9H2,1-2H3. The van der Waals surface area contributed by atoms with Crippen molar-refractivity contribution in [1.82, 2.24) is 4.90 Å². The second-order valence-electron chi connectivity index (χ2n) is 6.97. The number of non-ortho nitro benzene ring substituents is 1. The van der Waals surface area contributed by atoms with E-state index in [1.54, 1.807) is 25.1 Å². The van der Waals surface area contributed by atoms with Crippen LogP contribution in [0.15, 0.2) is 51.5 Å². The highest BCUT2D eigenvalue weighted by atomic mass is 16.6. The molecular formula is C22H19N3O6. The highest BCUT2D eigenvalue weighted by molar-refractivity contribution is 6.19. The summed E-state index contributed by atoms with van der Waals surface area (Å²) >= 11 is 0. The number of carbonyl (C=O) groups is 2. The number of nitro benzene ring substituents is 1. The third kappa shape index (κ3) is 4.15. The van der Waals surface area contributed by atoms with Gasteiger partial charge in [0.1, 0.15) is 23.2 Å². The van der Waals surface area contributed by atoms with Gasteiger partial charge < -0.3 is 9.52 Å². The SMILES string of the molecule is CC1=C(C#N)C(=O)N(CCCO)C(=O)C1=Cc1ccc(-c2cc([N+](=O)[O-])ccc2C)o1. The van der Waals surface area contributed by atoms with Crippen LogP contribution in [0.1, 0.15) is 24.7 Å². The molecule has 2 heterocycles. The van der Waals surface area contributed by atoms with E-state index < -0.39 is 16.7 Å². The molecule has 0 atom stereocenters. The van der Waals surface area contributed by atoms with Crippen LogP contribution in [0, 0.1) is 28.4 Å². The maximum atomic E-state index is 12.9. The Kier molecular flexibility index (Phi) is 6.13. The second kappa shape index (κ2) is 8.77. The molecule has 31 heavy (non-hydrogen) atoms. The van der Waals surface area contributed by atoms with Crippen molar-refractivity contribution in [3.63, 3.8) is 0 Å². The molecule has 158 valence electrons. The molecule has 0 bridgehead atoms. The number of imide groups is 1. The first-order valence-electron chi connectivity index (χ1n) is 9.43. The number of nitro groups is 1. The topological polar surface area (TPSA) is 138 Å². The minimum absolute atomic E-state index is 0.0136. The Morgan fingerprint density at radius 3 is 2.61 bits per heavy atom. The van der Waals surface area contributed by atoms with Crippen molar-refractivity contribution in [2.75, 3.05) is 13.2 Å². The Morgan fingerprint density at radius 2 is 1.97 bits per heavy atom. The minimum atomic E-state index is -0.692. The number of aliphatic hydroxyl groups is 1. The number of furan rings is 1. The van der Waals surface area contributed by atoms with Crippen LogP contribution in [0.5, 0.6) is 0 Å². The Hall–Kier alpha value is -4.03. The van der Waals surface area contributed by atoms with Crippen molar-refractivity contribution >= 4 is 23.6 Å². The Labute approximate surface area is 177 Å². The molecule has 1 aromatic carbocycles. The van der Waals surface area contributed by atoms with Gasteiger partial charge in [-0.3, -0.25) is 24.6 Å². The van der Waals surface area contributed by atoms with Gasteiger partial charge in [-0.05, 0) is 49.6 Å². The van der Waals surface area contributed by atoms with Crippen LogP contribution in [0.25, 0.3) is 17.4 Å². The Balaban J connectivity index is 2.03. The summed E-state index contributed by atoms with van der Waals surface area (Å²) in [6, 6.07) is 9.50. The molecule has 9 nitrogen and oxygen atoms in total. The number of nitriles is 1. The molecule has 2 aromatic rings. The molecule has 0 unspecified atom stereocenters. The number of hydrogen-bond donors (Lipinski definition) is 1. The molecule has 1 aliphatic heterocycles. The number of benzene rings is 1. The fraction of sp³-hybridized carbons (Fsp3) is 0.227. The lowest BCUT2D eigenvalue weighted by Crippen LogP contribution is -2.43. The molecule has 9 heteroatoms. The number of amides is 2. The van der Waals surface area contributed by atoms with Crippen LogP contribution in [0.2, 0.25) is 0 Å². The van der Waals surface area contributed by atoms with E-state index in [9.17, 15) is 25.0 Å². The summed E-state index contributed by atoms with van der Waals surface area (Å²) < 4.78 is 5.80. The predicted octanol–water partition coefficient (Wildman–Crippen LogP) is 3.14. The van der Waals surface area contributed by atoms with Gasteiger partial charge in [0.2, 0.25) is 0 Å². The van der Waals surface area contributed by atoms with Crippen LogP contribution in [0.4, 0.5) is 5.69 Å². The van der Waals surface area contributed by atoms with E-state index in [4.69, 9.17) is 9.52 Å². The van der Waals surface area contributed by atoms with Crippen LogP contribution >= 0.6 is 0 Å². The highest BCUT2D eigenvalue weighted by Crippen LogP contribution is 2.32. The van der Waals surface area contributed by atoms with Crippen molar-refractivity contribution in [2.24, 2.45) is 0 Å². The number of carbonyl (C=O) groups excluding carboxylic acids is 2. The molecule has 3 rings (SSSR count). The zero-order chi connectivity index (χ0) is 22.7. The number of hydrogen-bond acceptors (Lipinski definition) is 7. The predicted molar refractivity (Wildman–Crippen MR) is 110 cm³/mol. The molecule has 0 radical (unpaired) electrons. The average Bonchev–Trinajstić information content (AvgIpc) is 3.20. The van der Waals surface area contributed by atoms with Gasteiger partial charge in [0, 0.05) is 36.4 Å². The summed E-state index contributed by atoms with van der Waals surface area (Å²) in [5.74, 6) is -0.605. The maximum Gasteiger partial charge on any atom is 0.271 e. The van der Waals surface area contributed by atoms with E-state index in [0.717, 1.165) is 10.5 Å². The van der Waals surface area contributed by atoms with E-state index in [2.05, 4.69) is 0 Å². The maximum absolute atomic E-state index is 12.9. The first-order chi connectivity index (χ1) is 14.8. The lowest BCUT2D eigenvalue weighted by Gasteiger charge is -2.27. The van der Waals surface area contributed by atoms with E-state index in [1.165, 1.54) is 25.1 Å². The summed E-state index contributed by atoms with van der Waals surface area (Å²) in [6.45, 7) is 3.09. The molecule has 0 aliphatic carbocycles. The Bertz CT molecular complexity index is 1180. The summed E-state index contributed by atoms with van der Waals surface area (Å²) in [6.07, 6.45) is 1.63. The quantitative estimate of drug-likeness (QED) is 0.327. The van der Waals surface area contributed by atoms with Gasteiger partial charge in [0.15, 0.2) is 0 Å². The molecule has 0 fully saturated rings. The van der Waals surface area contributed by atoms with Crippen LogP contribution < -0.4 is 0 Å². The normalized spacial score (nSPS) is 15.5. The summed E-state index contributed by atoms with van der Waals surface area (Å²) in [5, 5.41) is 29.5. The number of aryl methyl sites for hydroxylation is 1. The fourth-order valence-electron chi connectivity index (χ4n) is 3.27. The van der Waals surface area contributed by atoms with Gasteiger partial charge in [-0.2, -0.15) is 5.26 Å². The molecule has 2 amide bonds. The largest absolute Gasteiger partial charge is 0.457 e. The molecular weight excluding hydrogens is 402 g/mol. The minimum Gasteiger partial charge on any atom is -0.457 e. The lowest BCUT2D eigenvalue weighted by molar-refractivity contribution is -0.384. The van der Waals surface area contributed by atoms with Gasteiger partial charge in [-0.1, -0.05) is 6.07 Å². The van der Waals surface area contributed by atoms with Crippen LogP contribution in [-0.2, 0) is 9.59 Å². The molecule has 1 aliphatic rings. The first-order valence-corrected chi connectivity index (χ1v) is 9.43. The summed E-state index contributed by atoms with van der Waals surface area (Å²) in [7, 11) is 0. The highest BCUT2D eigenvalue weighted by Gasteiger charge is 2.35. The fourth-order valence-corrected chi connectivity index (χ4v) is 3.27. The second-order valence-corrected chi connectivity index (χ2v) is 6.97. The van der Waals surface area contributed by atoms with Crippen molar-refractivity contribution < 1.29 is 24.0 Å². The van der Waals surface area contributed by atoms with E-state index >= 15 is 0 Å². The van der Waals surface area contributed by atoms with Crippen LogP contribution in [0.3, 0.4) is 0 Å². The molecule has 1 N–H and O–H groups in total. The monoisotopic (exact) mass is 421 g/mol. The Morgan fingerprint density at radius 1 is 1.23 bits per heavy atom.